The van der Waals surface area contributed by atoms with Crippen LogP contribution in [0.2, 0.25) is 0 Å². The monoisotopic (exact) mass is 261 g/mol. The Morgan fingerprint density at radius 1 is 1.29 bits per heavy atom. The van der Waals surface area contributed by atoms with Gasteiger partial charge < -0.3 is 5.11 Å². The molecule has 3 atom stereocenters. The van der Waals surface area contributed by atoms with E-state index in [1.54, 1.807) is 0 Å². The fourth-order valence-electron chi connectivity index (χ4n) is 3.01. The van der Waals surface area contributed by atoms with Gasteiger partial charge in [-0.15, -0.1) is 0 Å². The van der Waals surface area contributed by atoms with E-state index in [2.05, 4.69) is 0 Å². The molecule has 0 aromatic carbocycles. The fourth-order valence-corrected chi connectivity index (χ4v) is 4.69. The lowest BCUT2D eigenvalue weighted by Crippen LogP contribution is -2.45. The molecule has 0 spiro atoms. The minimum atomic E-state index is -3.67. The second-order valence-electron chi connectivity index (χ2n) is 5.04. The molecule has 0 radical (unpaired) electrons. The Morgan fingerprint density at radius 3 is 2.59 bits per heavy atom. The summed E-state index contributed by atoms with van der Waals surface area (Å²) in [6.45, 7) is 1.75. The Labute approximate surface area is 102 Å². The molecular weight excluding hydrogens is 242 g/mol. The molecule has 1 heterocycles. The standard InChI is InChI=1S/C11H19NO4S/c1-8(11(13)14)17(15,16)12-7-6-9-4-2-3-5-10(9)12/h8-10H,2-7H2,1H3,(H,13,14). The van der Waals surface area contributed by atoms with E-state index in [0.29, 0.717) is 12.5 Å². The van der Waals surface area contributed by atoms with Gasteiger partial charge in [0.25, 0.3) is 0 Å². The Balaban J connectivity index is 2.20. The topological polar surface area (TPSA) is 74.7 Å². The smallest absolute Gasteiger partial charge is 0.323 e. The van der Waals surface area contributed by atoms with Crippen molar-refractivity contribution >= 4 is 16.0 Å². The zero-order valence-corrected chi connectivity index (χ0v) is 10.8. The van der Waals surface area contributed by atoms with E-state index in [1.165, 1.54) is 17.6 Å². The lowest BCUT2D eigenvalue weighted by atomic mass is 9.86. The fraction of sp³-hybridized carbons (Fsp3) is 0.909. The van der Waals surface area contributed by atoms with E-state index in [0.717, 1.165) is 25.7 Å². The van der Waals surface area contributed by atoms with E-state index in [9.17, 15) is 13.2 Å². The van der Waals surface area contributed by atoms with Crippen LogP contribution in [0, 0.1) is 5.92 Å². The van der Waals surface area contributed by atoms with E-state index < -0.39 is 21.2 Å². The predicted octanol–water partition coefficient (Wildman–Crippen LogP) is 1.05. The maximum Gasteiger partial charge on any atom is 0.323 e. The highest BCUT2D eigenvalue weighted by atomic mass is 32.2. The molecule has 5 nitrogen and oxygen atoms in total. The van der Waals surface area contributed by atoms with Crippen LogP contribution in [0.25, 0.3) is 0 Å². The Hall–Kier alpha value is -0.620. The van der Waals surface area contributed by atoms with Crippen molar-refractivity contribution in [1.82, 2.24) is 4.31 Å². The van der Waals surface area contributed by atoms with Gasteiger partial charge in [0, 0.05) is 12.6 Å². The molecule has 1 aliphatic heterocycles. The van der Waals surface area contributed by atoms with Gasteiger partial charge in [0.05, 0.1) is 0 Å². The predicted molar refractivity (Wildman–Crippen MR) is 63.1 cm³/mol. The average molecular weight is 261 g/mol. The van der Waals surface area contributed by atoms with Gasteiger partial charge in [-0.25, -0.2) is 8.42 Å². The summed E-state index contributed by atoms with van der Waals surface area (Å²) in [6.07, 6.45) is 5.07. The zero-order chi connectivity index (χ0) is 12.6. The normalized spacial score (nSPS) is 32.1. The summed E-state index contributed by atoms with van der Waals surface area (Å²) in [5.41, 5.74) is 0. The molecule has 17 heavy (non-hydrogen) atoms. The Kier molecular flexibility index (Phi) is 3.45. The van der Waals surface area contributed by atoms with Crippen LogP contribution in [-0.2, 0) is 14.8 Å². The first-order valence-corrected chi connectivity index (χ1v) is 7.68. The molecule has 0 bridgehead atoms. The van der Waals surface area contributed by atoms with Crippen LogP contribution in [0.4, 0.5) is 0 Å². The van der Waals surface area contributed by atoms with Gasteiger partial charge in [0.2, 0.25) is 10.0 Å². The summed E-state index contributed by atoms with van der Waals surface area (Å²) in [5, 5.41) is 7.54. The number of carboxylic acid groups (broad SMARTS) is 1. The molecule has 1 saturated heterocycles. The first kappa shape index (κ1) is 12.8. The second-order valence-corrected chi connectivity index (χ2v) is 7.24. The number of rotatable bonds is 3. The molecule has 6 heteroatoms. The first-order valence-electron chi connectivity index (χ1n) is 6.18. The number of carboxylic acids is 1. The quantitative estimate of drug-likeness (QED) is 0.824. The van der Waals surface area contributed by atoms with E-state index >= 15 is 0 Å². The average Bonchev–Trinajstić information content (AvgIpc) is 2.72. The third-order valence-electron chi connectivity index (χ3n) is 4.08. The van der Waals surface area contributed by atoms with Gasteiger partial charge in [-0.3, -0.25) is 4.79 Å². The van der Waals surface area contributed by atoms with E-state index in [4.69, 9.17) is 5.11 Å². The third-order valence-corrected chi connectivity index (χ3v) is 6.28. The van der Waals surface area contributed by atoms with Crippen LogP contribution in [0.5, 0.6) is 0 Å². The number of hydrogen-bond donors (Lipinski definition) is 1. The van der Waals surface area contributed by atoms with Gasteiger partial charge in [-0.1, -0.05) is 12.8 Å². The molecule has 2 rings (SSSR count). The Morgan fingerprint density at radius 2 is 1.94 bits per heavy atom. The molecule has 98 valence electrons. The molecular formula is C11H19NO4S. The number of fused-ring (bicyclic) bond motifs is 1. The molecule has 1 saturated carbocycles. The summed E-state index contributed by atoms with van der Waals surface area (Å²) < 4.78 is 25.8. The first-order chi connectivity index (χ1) is 7.94. The maximum absolute atomic E-state index is 12.2. The van der Waals surface area contributed by atoms with Gasteiger partial charge in [0.1, 0.15) is 0 Å². The molecule has 3 unspecified atom stereocenters. The molecule has 0 amide bonds. The molecule has 1 N–H and O–H groups in total. The summed E-state index contributed by atoms with van der Waals surface area (Å²) in [7, 11) is -3.67. The van der Waals surface area contributed by atoms with Crippen molar-refractivity contribution in [2.45, 2.75) is 50.3 Å². The highest BCUT2D eigenvalue weighted by molar-refractivity contribution is 7.90. The Bertz CT molecular complexity index is 406. The molecule has 2 aliphatic rings. The molecule has 0 aromatic heterocycles. The van der Waals surface area contributed by atoms with Crippen molar-refractivity contribution in [2.75, 3.05) is 6.54 Å². The van der Waals surface area contributed by atoms with Gasteiger partial charge in [-0.2, -0.15) is 4.31 Å². The van der Waals surface area contributed by atoms with Crippen LogP contribution < -0.4 is 0 Å². The lowest BCUT2D eigenvalue weighted by molar-refractivity contribution is -0.136. The van der Waals surface area contributed by atoms with Crippen LogP contribution in [0.1, 0.15) is 39.0 Å². The highest BCUT2D eigenvalue weighted by Crippen LogP contribution is 2.38. The van der Waals surface area contributed by atoms with E-state index in [1.807, 2.05) is 0 Å². The molecule has 2 fully saturated rings. The number of carbonyl (C=O) groups is 1. The van der Waals surface area contributed by atoms with Crippen LogP contribution in [-0.4, -0.2) is 41.6 Å². The highest BCUT2D eigenvalue weighted by Gasteiger charge is 2.45. The van der Waals surface area contributed by atoms with Crippen molar-refractivity contribution in [3.8, 4) is 0 Å². The number of sulfonamides is 1. The van der Waals surface area contributed by atoms with Crippen molar-refractivity contribution in [3.05, 3.63) is 0 Å². The van der Waals surface area contributed by atoms with Crippen molar-refractivity contribution in [1.29, 1.82) is 0 Å². The number of hydrogen-bond acceptors (Lipinski definition) is 3. The zero-order valence-electron chi connectivity index (χ0n) is 10.0. The van der Waals surface area contributed by atoms with Crippen molar-refractivity contribution in [3.63, 3.8) is 0 Å². The summed E-state index contributed by atoms with van der Waals surface area (Å²) in [6, 6.07) is 0.0514. The largest absolute Gasteiger partial charge is 0.480 e. The third kappa shape index (κ3) is 2.20. The lowest BCUT2D eigenvalue weighted by Gasteiger charge is -2.31. The van der Waals surface area contributed by atoms with Crippen LogP contribution in [0.15, 0.2) is 0 Å². The minimum Gasteiger partial charge on any atom is -0.480 e. The summed E-state index contributed by atoms with van der Waals surface area (Å²) in [5.74, 6) is -0.816. The minimum absolute atomic E-state index is 0.0514. The van der Waals surface area contributed by atoms with Gasteiger partial charge in [-0.05, 0) is 32.1 Å². The SMILES string of the molecule is CC(C(=O)O)S(=O)(=O)N1CCC2CCCCC21. The second kappa shape index (κ2) is 4.57. The van der Waals surface area contributed by atoms with Crippen LogP contribution in [0.3, 0.4) is 0 Å². The van der Waals surface area contributed by atoms with Crippen LogP contribution >= 0.6 is 0 Å². The summed E-state index contributed by atoms with van der Waals surface area (Å²) >= 11 is 0. The van der Waals surface area contributed by atoms with Crippen molar-refractivity contribution < 1.29 is 18.3 Å². The molecule has 0 aromatic rings. The summed E-state index contributed by atoms with van der Waals surface area (Å²) in [4.78, 5) is 10.9. The van der Waals surface area contributed by atoms with Gasteiger partial charge in [0.15, 0.2) is 5.25 Å². The number of aliphatic carboxylic acids is 1. The van der Waals surface area contributed by atoms with Crippen molar-refractivity contribution in [2.24, 2.45) is 5.92 Å². The number of nitrogens with zero attached hydrogens (tertiary/aromatic N) is 1. The maximum atomic E-state index is 12.2. The molecule has 1 aliphatic carbocycles. The van der Waals surface area contributed by atoms with E-state index in [-0.39, 0.29) is 6.04 Å². The van der Waals surface area contributed by atoms with Gasteiger partial charge >= 0.3 is 5.97 Å².